The molecule has 0 saturated heterocycles. The van der Waals surface area contributed by atoms with Gasteiger partial charge in [0, 0.05) is 35.5 Å². The van der Waals surface area contributed by atoms with Gasteiger partial charge in [0.25, 0.3) is 0 Å². The minimum absolute atomic E-state index is 1.11. The van der Waals surface area contributed by atoms with Gasteiger partial charge in [0.2, 0.25) is 0 Å². The lowest BCUT2D eigenvalue weighted by molar-refractivity contribution is 1.21. The van der Waals surface area contributed by atoms with E-state index in [1.165, 1.54) is 60.3 Å². The Morgan fingerprint density at radius 3 is 1.22 bits per heavy atom. The molecular formula is C49H36N2. The standard InChI is InChI=1S/C49H36N2/c1-50(48-29-22-43-31-40-12-7-8-13-41(40)32-44(43)34-48)45-23-15-38(16-24-45)39-19-27-47(28-20-39)51(49-30-21-36-11-5-6-14-42(36)33-49)46-25-17-37(18-26-46)35-9-3-2-4-10-35/h2-34H,1H3. The second-order valence-corrected chi connectivity index (χ2v) is 13.2. The van der Waals surface area contributed by atoms with Crippen LogP contribution in [0.2, 0.25) is 0 Å². The Bertz CT molecular complexity index is 2620. The number of nitrogens with zero attached hydrogens (tertiary/aromatic N) is 2. The average molecular weight is 653 g/mol. The Kier molecular flexibility index (Phi) is 7.75. The molecular weight excluding hydrogens is 617 g/mol. The third-order valence-electron chi connectivity index (χ3n) is 10.0. The number of rotatable bonds is 7. The third kappa shape index (κ3) is 5.98. The summed E-state index contributed by atoms with van der Waals surface area (Å²) < 4.78 is 0. The minimum atomic E-state index is 1.11. The molecule has 0 fully saturated rings. The van der Waals surface area contributed by atoms with E-state index in [9.17, 15) is 0 Å². The summed E-state index contributed by atoms with van der Waals surface area (Å²) in [6.07, 6.45) is 0. The first kappa shape index (κ1) is 30.4. The third-order valence-corrected chi connectivity index (χ3v) is 10.0. The van der Waals surface area contributed by atoms with E-state index in [0.29, 0.717) is 0 Å². The van der Waals surface area contributed by atoms with Gasteiger partial charge in [-0.3, -0.25) is 0 Å². The molecule has 0 amide bonds. The summed E-state index contributed by atoms with van der Waals surface area (Å²) in [5, 5.41) is 7.50. The maximum absolute atomic E-state index is 2.34. The van der Waals surface area contributed by atoms with Crippen LogP contribution in [0.15, 0.2) is 200 Å². The van der Waals surface area contributed by atoms with Crippen molar-refractivity contribution in [2.24, 2.45) is 0 Å². The normalized spacial score (nSPS) is 11.2. The van der Waals surface area contributed by atoms with Crippen LogP contribution >= 0.6 is 0 Å². The first-order valence-corrected chi connectivity index (χ1v) is 17.5. The molecule has 0 spiro atoms. The highest BCUT2D eigenvalue weighted by atomic mass is 15.1. The fraction of sp³-hybridized carbons (Fsp3) is 0.0204. The van der Waals surface area contributed by atoms with Gasteiger partial charge in [-0.15, -0.1) is 0 Å². The summed E-state index contributed by atoms with van der Waals surface area (Å²) in [6, 6.07) is 72.3. The summed E-state index contributed by atoms with van der Waals surface area (Å²) in [5.41, 5.74) is 10.5. The molecule has 0 atom stereocenters. The SMILES string of the molecule is CN(c1ccc(-c2ccc(N(c3ccc(-c4ccccc4)cc3)c3ccc4ccccc4c3)cc2)cc1)c1ccc2cc3ccccc3cc2c1. The molecule has 0 bridgehead atoms. The first-order valence-electron chi connectivity index (χ1n) is 17.5. The molecule has 0 aliphatic heterocycles. The van der Waals surface area contributed by atoms with Gasteiger partial charge < -0.3 is 9.80 Å². The summed E-state index contributed by atoms with van der Waals surface area (Å²) in [5.74, 6) is 0. The highest BCUT2D eigenvalue weighted by Gasteiger charge is 2.14. The monoisotopic (exact) mass is 652 g/mol. The molecule has 0 saturated carbocycles. The van der Waals surface area contributed by atoms with E-state index in [1.807, 2.05) is 0 Å². The van der Waals surface area contributed by atoms with Crippen molar-refractivity contribution in [3.63, 3.8) is 0 Å². The van der Waals surface area contributed by atoms with Crippen LogP contribution in [-0.4, -0.2) is 7.05 Å². The molecule has 0 aliphatic carbocycles. The second kappa shape index (κ2) is 13.0. The van der Waals surface area contributed by atoms with E-state index < -0.39 is 0 Å². The number of anilines is 5. The molecule has 51 heavy (non-hydrogen) atoms. The van der Waals surface area contributed by atoms with Crippen LogP contribution in [0.4, 0.5) is 28.4 Å². The summed E-state index contributed by atoms with van der Waals surface area (Å²) in [7, 11) is 2.14. The fourth-order valence-electron chi connectivity index (χ4n) is 7.16. The van der Waals surface area contributed by atoms with Crippen LogP contribution < -0.4 is 9.80 Å². The number of hydrogen-bond donors (Lipinski definition) is 0. The number of benzene rings is 9. The molecule has 2 heteroatoms. The van der Waals surface area contributed by atoms with E-state index in [1.54, 1.807) is 0 Å². The molecule has 9 aromatic rings. The topological polar surface area (TPSA) is 6.48 Å². The Hall–Kier alpha value is -6.64. The smallest absolute Gasteiger partial charge is 0.0468 e. The summed E-state index contributed by atoms with van der Waals surface area (Å²) in [6.45, 7) is 0. The lowest BCUT2D eigenvalue weighted by atomic mass is 10.0. The molecule has 9 aromatic carbocycles. The van der Waals surface area contributed by atoms with Gasteiger partial charge in [-0.05, 0) is 127 Å². The van der Waals surface area contributed by atoms with E-state index in [0.717, 1.165) is 22.7 Å². The van der Waals surface area contributed by atoms with Crippen LogP contribution in [-0.2, 0) is 0 Å². The highest BCUT2D eigenvalue weighted by molar-refractivity contribution is 5.99. The first-order chi connectivity index (χ1) is 25.2. The zero-order valence-electron chi connectivity index (χ0n) is 28.4. The van der Waals surface area contributed by atoms with Gasteiger partial charge in [0.15, 0.2) is 0 Å². The predicted molar refractivity (Wildman–Crippen MR) is 219 cm³/mol. The van der Waals surface area contributed by atoms with Crippen molar-refractivity contribution in [3.8, 4) is 22.3 Å². The van der Waals surface area contributed by atoms with Gasteiger partial charge in [0.05, 0.1) is 0 Å². The Labute approximate surface area is 299 Å². The van der Waals surface area contributed by atoms with E-state index >= 15 is 0 Å². The molecule has 9 rings (SSSR count). The Morgan fingerprint density at radius 2 is 0.627 bits per heavy atom. The van der Waals surface area contributed by atoms with Crippen LogP contribution in [0.1, 0.15) is 0 Å². The molecule has 0 N–H and O–H groups in total. The van der Waals surface area contributed by atoms with Crippen molar-refractivity contribution < 1.29 is 0 Å². The lowest BCUT2D eigenvalue weighted by Gasteiger charge is -2.26. The van der Waals surface area contributed by atoms with Gasteiger partial charge in [-0.25, -0.2) is 0 Å². The molecule has 0 unspecified atom stereocenters. The van der Waals surface area contributed by atoms with Gasteiger partial charge in [0.1, 0.15) is 0 Å². The second-order valence-electron chi connectivity index (χ2n) is 13.2. The Morgan fingerprint density at radius 1 is 0.255 bits per heavy atom. The van der Waals surface area contributed by atoms with E-state index in [4.69, 9.17) is 0 Å². The quantitative estimate of drug-likeness (QED) is 0.158. The number of hydrogen-bond acceptors (Lipinski definition) is 2. The maximum Gasteiger partial charge on any atom is 0.0468 e. The minimum Gasteiger partial charge on any atom is -0.345 e. The molecule has 0 heterocycles. The molecule has 2 nitrogen and oxygen atoms in total. The largest absolute Gasteiger partial charge is 0.345 e. The van der Waals surface area contributed by atoms with Gasteiger partial charge in [-0.1, -0.05) is 127 Å². The van der Waals surface area contributed by atoms with Crippen molar-refractivity contribution in [1.82, 2.24) is 0 Å². The van der Waals surface area contributed by atoms with Crippen LogP contribution in [0, 0.1) is 0 Å². The highest BCUT2D eigenvalue weighted by Crippen LogP contribution is 2.38. The van der Waals surface area contributed by atoms with Crippen LogP contribution in [0.3, 0.4) is 0 Å². The van der Waals surface area contributed by atoms with Crippen LogP contribution in [0.25, 0.3) is 54.6 Å². The maximum atomic E-state index is 2.34. The molecule has 0 radical (unpaired) electrons. The van der Waals surface area contributed by atoms with Gasteiger partial charge in [-0.2, -0.15) is 0 Å². The van der Waals surface area contributed by atoms with E-state index in [-0.39, 0.29) is 0 Å². The summed E-state index contributed by atoms with van der Waals surface area (Å²) >= 11 is 0. The average Bonchev–Trinajstić information content (AvgIpc) is 3.20. The van der Waals surface area contributed by atoms with Crippen LogP contribution in [0.5, 0.6) is 0 Å². The predicted octanol–water partition coefficient (Wildman–Crippen LogP) is 13.7. The molecule has 242 valence electrons. The zero-order chi connectivity index (χ0) is 34.1. The van der Waals surface area contributed by atoms with Crippen molar-refractivity contribution in [2.75, 3.05) is 16.8 Å². The molecule has 0 aliphatic rings. The van der Waals surface area contributed by atoms with Crippen molar-refractivity contribution in [2.45, 2.75) is 0 Å². The summed E-state index contributed by atoms with van der Waals surface area (Å²) in [4.78, 5) is 4.60. The molecule has 0 aromatic heterocycles. The zero-order valence-corrected chi connectivity index (χ0v) is 28.4. The lowest BCUT2D eigenvalue weighted by Crippen LogP contribution is -2.10. The Balaban J connectivity index is 1.00. The van der Waals surface area contributed by atoms with Crippen molar-refractivity contribution >= 4 is 60.8 Å². The van der Waals surface area contributed by atoms with Gasteiger partial charge >= 0.3 is 0 Å². The van der Waals surface area contributed by atoms with Crippen molar-refractivity contribution in [3.05, 3.63) is 200 Å². The van der Waals surface area contributed by atoms with E-state index in [2.05, 4.69) is 217 Å². The van der Waals surface area contributed by atoms with Crippen molar-refractivity contribution in [1.29, 1.82) is 0 Å². The number of fused-ring (bicyclic) bond motifs is 3. The fourth-order valence-corrected chi connectivity index (χ4v) is 7.16.